The Labute approximate surface area is 123 Å². The summed E-state index contributed by atoms with van der Waals surface area (Å²) < 4.78 is 15.3. The number of nitrogens with one attached hydrogen (secondary N) is 1. The lowest BCUT2D eigenvalue weighted by atomic mass is 10.1. The highest BCUT2D eigenvalue weighted by molar-refractivity contribution is 5.93. The summed E-state index contributed by atoms with van der Waals surface area (Å²) in [7, 11) is 0. The van der Waals surface area contributed by atoms with Gasteiger partial charge in [0.25, 0.3) is 5.91 Å². The lowest BCUT2D eigenvalue weighted by Crippen LogP contribution is -2.28. The number of rotatable bonds is 6. The Morgan fingerprint density at radius 2 is 2.14 bits per heavy atom. The minimum absolute atomic E-state index is 0.184. The van der Waals surface area contributed by atoms with Crippen LogP contribution < -0.4 is 11.1 Å². The molecule has 0 aliphatic carbocycles. The Morgan fingerprint density at radius 3 is 2.86 bits per heavy atom. The van der Waals surface area contributed by atoms with Gasteiger partial charge in [-0.15, -0.1) is 0 Å². The van der Waals surface area contributed by atoms with Gasteiger partial charge in [-0.2, -0.15) is 0 Å². The molecule has 0 aliphatic heterocycles. The first kappa shape index (κ1) is 15.1. The number of aromatic nitrogens is 1. The summed E-state index contributed by atoms with van der Waals surface area (Å²) in [6.45, 7) is 3.17. The van der Waals surface area contributed by atoms with Crippen LogP contribution in [-0.4, -0.2) is 17.0 Å². The first-order valence-corrected chi connectivity index (χ1v) is 7.09. The average Bonchev–Trinajstić information content (AvgIpc) is 2.82. The number of anilines is 1. The molecule has 4 nitrogen and oxygen atoms in total. The zero-order valence-electron chi connectivity index (χ0n) is 12.1. The van der Waals surface area contributed by atoms with E-state index >= 15 is 0 Å². The molecule has 1 amide bonds. The number of benzene rings is 1. The second kappa shape index (κ2) is 6.92. The van der Waals surface area contributed by atoms with Crippen LogP contribution in [-0.2, 0) is 13.0 Å². The number of hydrogen-bond donors (Lipinski definition) is 2. The molecule has 0 atom stereocenters. The van der Waals surface area contributed by atoms with Crippen molar-refractivity contribution >= 4 is 11.6 Å². The third-order valence-electron chi connectivity index (χ3n) is 3.25. The zero-order valence-corrected chi connectivity index (χ0v) is 12.1. The molecule has 0 fully saturated rings. The molecule has 21 heavy (non-hydrogen) atoms. The fraction of sp³-hybridized carbons (Fsp3) is 0.312. The molecule has 1 aromatic heterocycles. The molecule has 0 unspecified atom stereocenters. The van der Waals surface area contributed by atoms with Crippen molar-refractivity contribution in [2.24, 2.45) is 0 Å². The third kappa shape index (κ3) is 3.84. The fourth-order valence-corrected chi connectivity index (χ4v) is 2.25. The summed E-state index contributed by atoms with van der Waals surface area (Å²) in [6.07, 6.45) is 3.14. The van der Waals surface area contributed by atoms with Crippen LogP contribution in [0.2, 0.25) is 0 Å². The number of hydrogen-bond acceptors (Lipinski definition) is 2. The lowest BCUT2D eigenvalue weighted by molar-refractivity contribution is 0.0944. The second-order valence-corrected chi connectivity index (χ2v) is 4.95. The number of nitrogens with zero attached hydrogens (tertiary/aromatic N) is 1. The highest BCUT2D eigenvalue weighted by Crippen LogP contribution is 2.11. The van der Waals surface area contributed by atoms with Crippen molar-refractivity contribution in [2.45, 2.75) is 26.3 Å². The van der Waals surface area contributed by atoms with Crippen molar-refractivity contribution in [3.8, 4) is 0 Å². The summed E-state index contributed by atoms with van der Waals surface area (Å²) in [6, 6.07) is 8.24. The lowest BCUT2D eigenvalue weighted by Gasteiger charge is -2.09. The van der Waals surface area contributed by atoms with Gasteiger partial charge in [0.05, 0.1) is 5.69 Å². The van der Waals surface area contributed by atoms with Crippen molar-refractivity contribution in [2.75, 3.05) is 12.3 Å². The number of amides is 1. The molecular weight excluding hydrogens is 269 g/mol. The van der Waals surface area contributed by atoms with Crippen LogP contribution >= 0.6 is 0 Å². The van der Waals surface area contributed by atoms with E-state index < -0.39 is 0 Å². The number of nitrogens with two attached hydrogens (primary N) is 1. The maximum absolute atomic E-state index is 13.5. The van der Waals surface area contributed by atoms with Crippen molar-refractivity contribution < 1.29 is 9.18 Å². The topological polar surface area (TPSA) is 60.0 Å². The second-order valence-electron chi connectivity index (χ2n) is 4.95. The Bertz CT molecular complexity index is 622. The molecule has 0 aliphatic rings. The Hall–Kier alpha value is -2.30. The van der Waals surface area contributed by atoms with Crippen LogP contribution in [0.5, 0.6) is 0 Å². The van der Waals surface area contributed by atoms with Crippen molar-refractivity contribution in [1.82, 2.24) is 9.88 Å². The van der Waals surface area contributed by atoms with Gasteiger partial charge in [0.15, 0.2) is 0 Å². The van der Waals surface area contributed by atoms with Crippen LogP contribution in [0.15, 0.2) is 36.5 Å². The predicted octanol–water partition coefficient (Wildman–Crippen LogP) is 2.59. The molecule has 2 rings (SSSR count). The smallest absolute Gasteiger partial charge is 0.267 e. The van der Waals surface area contributed by atoms with Gasteiger partial charge in [-0.25, -0.2) is 4.39 Å². The van der Waals surface area contributed by atoms with Crippen molar-refractivity contribution in [3.05, 3.63) is 53.6 Å². The van der Waals surface area contributed by atoms with Crippen LogP contribution in [0, 0.1) is 5.82 Å². The minimum atomic E-state index is -0.245. The van der Waals surface area contributed by atoms with Crippen molar-refractivity contribution in [1.29, 1.82) is 0 Å². The van der Waals surface area contributed by atoms with E-state index in [2.05, 4.69) is 5.32 Å². The van der Waals surface area contributed by atoms with E-state index in [1.54, 1.807) is 30.5 Å². The van der Waals surface area contributed by atoms with Gasteiger partial charge in [-0.1, -0.05) is 25.1 Å². The highest BCUT2D eigenvalue weighted by atomic mass is 19.1. The summed E-state index contributed by atoms with van der Waals surface area (Å²) in [5.74, 6) is -0.429. The van der Waals surface area contributed by atoms with Gasteiger partial charge in [-0.05, 0) is 30.5 Å². The van der Waals surface area contributed by atoms with Crippen LogP contribution in [0.3, 0.4) is 0 Å². The minimum Gasteiger partial charge on any atom is -0.397 e. The molecule has 2 aromatic rings. The maximum atomic E-state index is 13.5. The highest BCUT2D eigenvalue weighted by Gasteiger charge is 2.12. The summed E-state index contributed by atoms with van der Waals surface area (Å²) >= 11 is 0. The van der Waals surface area contributed by atoms with Gasteiger partial charge in [0, 0.05) is 19.3 Å². The number of carbonyl (C=O) groups excluding carboxylic acids is 1. The molecule has 1 heterocycles. The van der Waals surface area contributed by atoms with Crippen LogP contribution in [0.4, 0.5) is 10.1 Å². The van der Waals surface area contributed by atoms with Gasteiger partial charge in [-0.3, -0.25) is 4.79 Å². The quantitative estimate of drug-likeness (QED) is 0.858. The number of halogens is 1. The molecule has 0 saturated carbocycles. The van der Waals surface area contributed by atoms with Gasteiger partial charge >= 0.3 is 0 Å². The molecule has 0 saturated heterocycles. The summed E-state index contributed by atoms with van der Waals surface area (Å²) in [5, 5.41) is 2.80. The first-order chi connectivity index (χ1) is 10.1. The van der Waals surface area contributed by atoms with Gasteiger partial charge < -0.3 is 15.6 Å². The average molecular weight is 289 g/mol. The normalized spacial score (nSPS) is 10.6. The van der Waals surface area contributed by atoms with Gasteiger partial charge in [0.2, 0.25) is 0 Å². The number of carbonyl (C=O) groups is 1. The van der Waals surface area contributed by atoms with Crippen LogP contribution in [0.1, 0.15) is 29.4 Å². The zero-order chi connectivity index (χ0) is 15.2. The molecule has 5 heteroatoms. The van der Waals surface area contributed by atoms with E-state index in [-0.39, 0.29) is 11.7 Å². The maximum Gasteiger partial charge on any atom is 0.267 e. The molecular formula is C16H20FN3O. The number of nitrogen functional groups attached to an aromatic ring is 1. The van der Waals surface area contributed by atoms with E-state index in [1.165, 1.54) is 6.07 Å². The Balaban J connectivity index is 1.94. The SMILES string of the molecule is CCCn1cc(N)cc1C(=O)NCCc1ccccc1F. The summed E-state index contributed by atoms with van der Waals surface area (Å²) in [5.41, 5.74) is 7.45. The standard InChI is InChI=1S/C16H20FN3O/c1-2-9-20-11-13(18)10-15(20)16(21)19-8-7-12-5-3-4-6-14(12)17/h3-6,10-11H,2,7-9,18H2,1H3,(H,19,21). The molecule has 112 valence electrons. The summed E-state index contributed by atoms with van der Waals surface area (Å²) in [4.78, 5) is 12.1. The fourth-order valence-electron chi connectivity index (χ4n) is 2.25. The molecule has 0 radical (unpaired) electrons. The van der Waals surface area contributed by atoms with E-state index in [9.17, 15) is 9.18 Å². The largest absolute Gasteiger partial charge is 0.397 e. The van der Waals surface area contributed by atoms with E-state index in [0.717, 1.165) is 13.0 Å². The molecule has 1 aromatic carbocycles. The van der Waals surface area contributed by atoms with Crippen molar-refractivity contribution in [3.63, 3.8) is 0 Å². The Kier molecular flexibility index (Phi) is 4.98. The third-order valence-corrected chi connectivity index (χ3v) is 3.25. The first-order valence-electron chi connectivity index (χ1n) is 7.09. The molecule has 3 N–H and O–H groups in total. The predicted molar refractivity (Wildman–Crippen MR) is 81.6 cm³/mol. The van der Waals surface area contributed by atoms with E-state index in [0.29, 0.717) is 29.9 Å². The van der Waals surface area contributed by atoms with Crippen LogP contribution in [0.25, 0.3) is 0 Å². The van der Waals surface area contributed by atoms with E-state index in [4.69, 9.17) is 5.73 Å². The monoisotopic (exact) mass is 289 g/mol. The van der Waals surface area contributed by atoms with E-state index in [1.807, 2.05) is 11.5 Å². The Morgan fingerprint density at radius 1 is 1.38 bits per heavy atom. The number of aryl methyl sites for hydroxylation is 1. The van der Waals surface area contributed by atoms with Gasteiger partial charge in [0.1, 0.15) is 11.5 Å². The molecule has 0 bridgehead atoms. The molecule has 0 spiro atoms.